The molecule has 0 saturated carbocycles. The minimum Gasteiger partial charge on any atom is -0.369 e. The molecule has 116 valence electrons. The van der Waals surface area contributed by atoms with Gasteiger partial charge in [0.25, 0.3) is 5.91 Å². The zero-order valence-corrected chi connectivity index (χ0v) is 13.6. The average molecular weight is 319 g/mol. The van der Waals surface area contributed by atoms with Crippen LogP contribution < -0.4 is 10.6 Å². The molecule has 0 spiro atoms. The van der Waals surface area contributed by atoms with Gasteiger partial charge in [0.1, 0.15) is 11.5 Å². The third kappa shape index (κ3) is 4.18. The number of nitrogens with one attached hydrogen (secondary N) is 2. The van der Waals surface area contributed by atoms with Gasteiger partial charge in [0.05, 0.1) is 12.4 Å². The second-order valence-corrected chi connectivity index (χ2v) is 5.84. The summed E-state index contributed by atoms with van der Waals surface area (Å²) in [6.45, 7) is 6.87. The van der Waals surface area contributed by atoms with E-state index in [1.165, 1.54) is 6.20 Å². The number of nitrogens with zero attached hydrogens (tertiary/aromatic N) is 2. The summed E-state index contributed by atoms with van der Waals surface area (Å²) in [6, 6.07) is 5.36. The molecule has 0 aliphatic carbocycles. The molecule has 6 heteroatoms. The summed E-state index contributed by atoms with van der Waals surface area (Å²) in [5.41, 5.74) is 1.75. The minimum absolute atomic E-state index is 0.259. The summed E-state index contributed by atoms with van der Waals surface area (Å²) in [5, 5.41) is 6.55. The van der Waals surface area contributed by atoms with E-state index >= 15 is 0 Å². The molecule has 2 N–H and O–H groups in total. The molecule has 1 aromatic carbocycles. The Labute approximate surface area is 135 Å². The first-order valence-electron chi connectivity index (χ1n) is 7.09. The molecule has 5 nitrogen and oxygen atoms in total. The molecule has 2 aromatic rings. The Bertz CT molecular complexity index is 656. The van der Waals surface area contributed by atoms with Gasteiger partial charge in [0, 0.05) is 17.3 Å². The van der Waals surface area contributed by atoms with E-state index in [1.54, 1.807) is 24.4 Å². The third-order valence-electron chi connectivity index (χ3n) is 3.09. The Balaban J connectivity index is 2.05. The number of amides is 1. The highest BCUT2D eigenvalue weighted by Gasteiger charge is 2.11. The van der Waals surface area contributed by atoms with E-state index in [9.17, 15) is 4.79 Å². The van der Waals surface area contributed by atoms with Gasteiger partial charge in [-0.15, -0.1) is 0 Å². The van der Waals surface area contributed by atoms with Crippen molar-refractivity contribution in [2.75, 3.05) is 17.2 Å². The van der Waals surface area contributed by atoms with Crippen LogP contribution in [0.3, 0.4) is 0 Å². The first-order valence-corrected chi connectivity index (χ1v) is 7.47. The monoisotopic (exact) mass is 318 g/mol. The van der Waals surface area contributed by atoms with E-state index in [1.807, 2.05) is 6.92 Å². The Morgan fingerprint density at radius 3 is 2.68 bits per heavy atom. The molecule has 0 radical (unpaired) electrons. The lowest BCUT2D eigenvalue weighted by molar-refractivity contribution is 0.102. The van der Waals surface area contributed by atoms with Crippen molar-refractivity contribution in [2.24, 2.45) is 5.92 Å². The van der Waals surface area contributed by atoms with Crippen LogP contribution in [0.2, 0.25) is 5.02 Å². The summed E-state index contributed by atoms with van der Waals surface area (Å²) in [5.74, 6) is 0.855. The van der Waals surface area contributed by atoms with Gasteiger partial charge in [-0.3, -0.25) is 4.79 Å². The number of carbonyl (C=O) groups excluding carboxylic acids is 1. The standard InChI is InChI=1S/C16H19ClN4O/c1-10(2)7-19-15-9-18-14(8-20-15)16(22)21-13-6-4-5-12(17)11(13)3/h4-6,8-10H,7H2,1-3H3,(H,19,20)(H,21,22). The molecule has 0 fully saturated rings. The summed E-state index contributed by atoms with van der Waals surface area (Å²) < 4.78 is 0. The molecule has 22 heavy (non-hydrogen) atoms. The molecule has 0 saturated heterocycles. The van der Waals surface area contributed by atoms with Crippen LogP contribution in [0.4, 0.5) is 11.5 Å². The van der Waals surface area contributed by atoms with Crippen LogP contribution in [0.1, 0.15) is 29.9 Å². The van der Waals surface area contributed by atoms with Crippen LogP contribution in [0.25, 0.3) is 0 Å². The van der Waals surface area contributed by atoms with Crippen LogP contribution in [-0.2, 0) is 0 Å². The summed E-state index contributed by atoms with van der Waals surface area (Å²) >= 11 is 6.04. The topological polar surface area (TPSA) is 66.9 Å². The first-order chi connectivity index (χ1) is 10.5. The van der Waals surface area contributed by atoms with E-state index in [2.05, 4.69) is 34.4 Å². The fourth-order valence-corrected chi connectivity index (χ4v) is 1.95. The van der Waals surface area contributed by atoms with Crippen LogP contribution in [-0.4, -0.2) is 22.4 Å². The van der Waals surface area contributed by atoms with Crippen LogP contribution >= 0.6 is 11.6 Å². The molecule has 0 aliphatic rings. The quantitative estimate of drug-likeness (QED) is 0.881. The number of anilines is 2. The van der Waals surface area contributed by atoms with Crippen molar-refractivity contribution < 1.29 is 4.79 Å². The number of rotatable bonds is 5. The largest absolute Gasteiger partial charge is 0.369 e. The number of hydrogen-bond donors (Lipinski definition) is 2. The zero-order chi connectivity index (χ0) is 16.1. The molecular formula is C16H19ClN4O. The van der Waals surface area contributed by atoms with Crippen LogP contribution in [0.5, 0.6) is 0 Å². The van der Waals surface area contributed by atoms with Gasteiger partial charge < -0.3 is 10.6 Å². The average Bonchev–Trinajstić information content (AvgIpc) is 2.50. The Hall–Kier alpha value is -2.14. The summed E-state index contributed by atoms with van der Waals surface area (Å²) in [6.07, 6.45) is 3.01. The lowest BCUT2D eigenvalue weighted by Crippen LogP contribution is -2.16. The smallest absolute Gasteiger partial charge is 0.275 e. The molecule has 0 bridgehead atoms. The molecule has 0 atom stereocenters. The van der Waals surface area contributed by atoms with Gasteiger partial charge >= 0.3 is 0 Å². The Kier molecular flexibility index (Phi) is 5.33. The second kappa shape index (κ2) is 7.22. The first kappa shape index (κ1) is 16.2. The number of benzene rings is 1. The highest BCUT2D eigenvalue weighted by atomic mass is 35.5. The van der Waals surface area contributed by atoms with E-state index in [4.69, 9.17) is 11.6 Å². The Morgan fingerprint density at radius 2 is 2.05 bits per heavy atom. The maximum absolute atomic E-state index is 12.2. The van der Waals surface area contributed by atoms with E-state index in [-0.39, 0.29) is 11.6 Å². The van der Waals surface area contributed by atoms with Crippen molar-refractivity contribution >= 4 is 29.0 Å². The highest BCUT2D eigenvalue weighted by molar-refractivity contribution is 6.31. The van der Waals surface area contributed by atoms with Crippen LogP contribution in [0.15, 0.2) is 30.6 Å². The third-order valence-corrected chi connectivity index (χ3v) is 3.50. The van der Waals surface area contributed by atoms with Gasteiger partial charge in [0.15, 0.2) is 0 Å². The molecule has 1 heterocycles. The number of aromatic nitrogens is 2. The molecule has 0 unspecified atom stereocenters. The molecular weight excluding hydrogens is 300 g/mol. The van der Waals surface area contributed by atoms with Crippen molar-refractivity contribution in [1.29, 1.82) is 0 Å². The van der Waals surface area contributed by atoms with E-state index in [0.717, 1.165) is 12.1 Å². The van der Waals surface area contributed by atoms with Gasteiger partial charge in [-0.25, -0.2) is 9.97 Å². The fourth-order valence-electron chi connectivity index (χ4n) is 1.77. The number of halogens is 1. The zero-order valence-electron chi connectivity index (χ0n) is 12.9. The maximum atomic E-state index is 12.2. The normalized spacial score (nSPS) is 10.6. The van der Waals surface area contributed by atoms with Crippen molar-refractivity contribution in [3.8, 4) is 0 Å². The van der Waals surface area contributed by atoms with E-state index < -0.39 is 0 Å². The van der Waals surface area contributed by atoms with Gasteiger partial charge in [-0.05, 0) is 30.5 Å². The number of hydrogen-bond acceptors (Lipinski definition) is 4. The van der Waals surface area contributed by atoms with Crippen LogP contribution in [0, 0.1) is 12.8 Å². The van der Waals surface area contributed by atoms with Gasteiger partial charge in [-0.2, -0.15) is 0 Å². The molecule has 1 aromatic heterocycles. The van der Waals surface area contributed by atoms with E-state index in [0.29, 0.717) is 22.4 Å². The van der Waals surface area contributed by atoms with Crippen molar-refractivity contribution in [1.82, 2.24) is 9.97 Å². The lowest BCUT2D eigenvalue weighted by Gasteiger charge is -2.10. The second-order valence-electron chi connectivity index (χ2n) is 5.43. The maximum Gasteiger partial charge on any atom is 0.275 e. The molecule has 0 aliphatic heterocycles. The van der Waals surface area contributed by atoms with Crippen molar-refractivity contribution in [3.63, 3.8) is 0 Å². The Morgan fingerprint density at radius 1 is 1.27 bits per heavy atom. The van der Waals surface area contributed by atoms with Crippen molar-refractivity contribution in [2.45, 2.75) is 20.8 Å². The highest BCUT2D eigenvalue weighted by Crippen LogP contribution is 2.23. The molecule has 1 amide bonds. The van der Waals surface area contributed by atoms with Gasteiger partial charge in [0.2, 0.25) is 0 Å². The predicted octanol–water partition coefficient (Wildman–Crippen LogP) is 3.76. The summed E-state index contributed by atoms with van der Waals surface area (Å²) in [4.78, 5) is 20.5. The summed E-state index contributed by atoms with van der Waals surface area (Å²) in [7, 11) is 0. The molecule has 2 rings (SSSR count). The minimum atomic E-state index is -0.312. The SMILES string of the molecule is Cc1c(Cl)cccc1NC(=O)c1cnc(NCC(C)C)cn1. The van der Waals surface area contributed by atoms with Gasteiger partial charge in [-0.1, -0.05) is 31.5 Å². The fraction of sp³-hybridized carbons (Fsp3) is 0.312. The number of carbonyl (C=O) groups is 1. The van der Waals surface area contributed by atoms with Crippen molar-refractivity contribution in [3.05, 3.63) is 46.9 Å². The lowest BCUT2D eigenvalue weighted by atomic mass is 10.2. The predicted molar refractivity (Wildman–Crippen MR) is 89.5 cm³/mol.